The minimum Gasteiger partial charge on any atom is -0.469 e. The van der Waals surface area contributed by atoms with E-state index >= 15 is 0 Å². The largest absolute Gasteiger partial charge is 0.469 e. The number of hydrogen-bond acceptors (Lipinski definition) is 3. The molecule has 0 radical (unpaired) electrons. The molecule has 3 nitrogen and oxygen atoms in total. The van der Waals surface area contributed by atoms with Gasteiger partial charge in [0.2, 0.25) is 0 Å². The van der Waals surface area contributed by atoms with Crippen LogP contribution in [0.1, 0.15) is 106 Å². The normalized spacial score (nSPS) is 53.6. The summed E-state index contributed by atoms with van der Waals surface area (Å²) in [4.78, 5) is 13.4. The SMILES string of the molecule is C=C(C)[C@@H]1CC[C@]2(C(=O)OC)CC[C@]3(C)[C@H](CC[C@@H]4[C@@]5(C)CC[C@@H](N)C(C)(C)[C@@H]5CC[C@]43C)[C@@H]12. The summed E-state index contributed by atoms with van der Waals surface area (Å²) in [5.41, 5.74) is 8.90. The number of hydrogen-bond donors (Lipinski definition) is 1. The lowest BCUT2D eigenvalue weighted by molar-refractivity contribution is -0.239. The summed E-state index contributed by atoms with van der Waals surface area (Å²) < 4.78 is 5.51. The van der Waals surface area contributed by atoms with Crippen molar-refractivity contribution < 1.29 is 9.53 Å². The molecule has 5 saturated carbocycles. The molecular formula is C31H51NO2. The number of esters is 1. The minimum atomic E-state index is -0.285. The van der Waals surface area contributed by atoms with Crippen LogP contribution in [-0.4, -0.2) is 19.1 Å². The second kappa shape index (κ2) is 7.59. The van der Waals surface area contributed by atoms with E-state index in [2.05, 4.69) is 48.1 Å². The maximum atomic E-state index is 13.4. The predicted octanol–water partition coefficient (Wildman–Crippen LogP) is 7.14. The highest BCUT2D eigenvalue weighted by Gasteiger charge is 2.72. The Balaban J connectivity index is 1.56. The molecule has 0 saturated heterocycles. The van der Waals surface area contributed by atoms with Crippen molar-refractivity contribution in [2.75, 3.05) is 7.11 Å². The molecule has 5 aliphatic carbocycles. The number of nitrogens with two attached hydrogens (primary N) is 1. The van der Waals surface area contributed by atoms with Crippen LogP contribution in [-0.2, 0) is 9.53 Å². The van der Waals surface area contributed by atoms with E-state index in [0.29, 0.717) is 34.6 Å². The second-order valence-corrected chi connectivity index (χ2v) is 14.8. The Hall–Kier alpha value is -0.830. The van der Waals surface area contributed by atoms with Crippen LogP contribution in [0.3, 0.4) is 0 Å². The van der Waals surface area contributed by atoms with Crippen molar-refractivity contribution in [3.05, 3.63) is 12.2 Å². The number of ether oxygens (including phenoxy) is 1. The first-order chi connectivity index (χ1) is 15.8. The summed E-state index contributed by atoms with van der Waals surface area (Å²) in [7, 11) is 1.60. The monoisotopic (exact) mass is 469 g/mol. The summed E-state index contributed by atoms with van der Waals surface area (Å²) in [6.07, 6.45) is 11.9. The van der Waals surface area contributed by atoms with Crippen LogP contribution in [0.5, 0.6) is 0 Å². The number of carbonyl (C=O) groups excluding carboxylic acids is 1. The van der Waals surface area contributed by atoms with Gasteiger partial charge in [0, 0.05) is 6.04 Å². The molecule has 34 heavy (non-hydrogen) atoms. The van der Waals surface area contributed by atoms with E-state index < -0.39 is 0 Å². The fourth-order valence-electron chi connectivity index (χ4n) is 11.7. The van der Waals surface area contributed by atoms with E-state index in [1.54, 1.807) is 7.11 Å². The van der Waals surface area contributed by atoms with E-state index in [9.17, 15) is 4.79 Å². The molecular weight excluding hydrogens is 418 g/mol. The quantitative estimate of drug-likeness (QED) is 0.345. The Kier molecular flexibility index (Phi) is 5.55. The Bertz CT molecular complexity index is 879. The molecule has 3 heteroatoms. The maximum Gasteiger partial charge on any atom is 0.312 e. The summed E-state index contributed by atoms with van der Waals surface area (Å²) in [6, 6.07) is 0.326. The first-order valence-electron chi connectivity index (χ1n) is 14.3. The van der Waals surface area contributed by atoms with Gasteiger partial charge >= 0.3 is 5.97 Å². The number of carbonyl (C=O) groups is 1. The van der Waals surface area contributed by atoms with Crippen LogP contribution in [0, 0.1) is 56.7 Å². The molecule has 0 unspecified atom stereocenters. The van der Waals surface area contributed by atoms with Crippen LogP contribution >= 0.6 is 0 Å². The lowest BCUT2D eigenvalue weighted by Gasteiger charge is -2.72. The van der Waals surface area contributed by atoms with Crippen molar-refractivity contribution in [3.8, 4) is 0 Å². The van der Waals surface area contributed by atoms with Gasteiger partial charge in [-0.05, 0) is 122 Å². The zero-order chi connectivity index (χ0) is 24.9. The van der Waals surface area contributed by atoms with Gasteiger partial charge in [-0.15, -0.1) is 0 Å². The van der Waals surface area contributed by atoms with Crippen molar-refractivity contribution in [3.63, 3.8) is 0 Å². The third-order valence-electron chi connectivity index (χ3n) is 13.8. The van der Waals surface area contributed by atoms with Gasteiger partial charge in [0.25, 0.3) is 0 Å². The predicted molar refractivity (Wildman–Crippen MR) is 139 cm³/mol. The number of methoxy groups -OCH3 is 1. The van der Waals surface area contributed by atoms with Gasteiger partial charge in [0.05, 0.1) is 12.5 Å². The van der Waals surface area contributed by atoms with Gasteiger partial charge < -0.3 is 10.5 Å². The molecule has 0 aromatic heterocycles. The topological polar surface area (TPSA) is 52.3 Å². The smallest absolute Gasteiger partial charge is 0.312 e. The number of rotatable bonds is 2. The van der Waals surface area contributed by atoms with E-state index in [1.807, 2.05) is 0 Å². The van der Waals surface area contributed by atoms with Gasteiger partial charge in [-0.3, -0.25) is 4.79 Å². The van der Waals surface area contributed by atoms with Crippen LogP contribution in [0.15, 0.2) is 12.2 Å². The average molecular weight is 470 g/mol. The van der Waals surface area contributed by atoms with Crippen LogP contribution in [0.25, 0.3) is 0 Å². The molecule has 0 aliphatic heterocycles. The lowest BCUT2D eigenvalue weighted by Crippen LogP contribution is -2.67. The summed E-state index contributed by atoms with van der Waals surface area (Å²) in [5, 5.41) is 0. The molecule has 0 amide bonds. The fourth-order valence-corrected chi connectivity index (χ4v) is 11.7. The van der Waals surface area contributed by atoms with Crippen molar-refractivity contribution in [2.45, 2.75) is 112 Å². The third-order valence-corrected chi connectivity index (χ3v) is 13.8. The molecule has 0 aromatic carbocycles. The van der Waals surface area contributed by atoms with E-state index in [1.165, 1.54) is 50.5 Å². The zero-order valence-electron chi connectivity index (χ0n) is 23.1. The Morgan fingerprint density at radius 2 is 1.56 bits per heavy atom. The van der Waals surface area contributed by atoms with Gasteiger partial charge in [0.1, 0.15) is 0 Å². The first-order valence-corrected chi connectivity index (χ1v) is 14.3. The van der Waals surface area contributed by atoms with Gasteiger partial charge in [-0.25, -0.2) is 0 Å². The average Bonchev–Trinajstić information content (AvgIpc) is 3.18. The lowest BCUT2D eigenvalue weighted by atomic mass is 9.32. The van der Waals surface area contributed by atoms with Gasteiger partial charge in [-0.1, -0.05) is 46.8 Å². The molecule has 0 spiro atoms. The van der Waals surface area contributed by atoms with Crippen molar-refractivity contribution in [1.82, 2.24) is 0 Å². The zero-order valence-corrected chi connectivity index (χ0v) is 23.1. The Morgan fingerprint density at radius 1 is 0.853 bits per heavy atom. The molecule has 192 valence electrons. The fraction of sp³-hybridized carbons (Fsp3) is 0.903. The molecule has 10 atom stereocenters. The van der Waals surface area contributed by atoms with Crippen molar-refractivity contribution >= 4 is 5.97 Å². The van der Waals surface area contributed by atoms with Crippen molar-refractivity contribution in [1.29, 1.82) is 0 Å². The van der Waals surface area contributed by atoms with Gasteiger partial charge in [-0.2, -0.15) is 0 Å². The molecule has 2 N–H and O–H groups in total. The van der Waals surface area contributed by atoms with E-state index in [4.69, 9.17) is 10.5 Å². The highest BCUT2D eigenvalue weighted by molar-refractivity contribution is 5.78. The molecule has 5 fully saturated rings. The Morgan fingerprint density at radius 3 is 2.21 bits per heavy atom. The van der Waals surface area contributed by atoms with Crippen LogP contribution in [0.4, 0.5) is 0 Å². The molecule has 0 aromatic rings. The van der Waals surface area contributed by atoms with Crippen LogP contribution in [0.2, 0.25) is 0 Å². The molecule has 5 rings (SSSR count). The second-order valence-electron chi connectivity index (χ2n) is 14.8. The van der Waals surface area contributed by atoms with Crippen molar-refractivity contribution in [2.24, 2.45) is 62.4 Å². The first kappa shape index (κ1) is 24.8. The standard InChI is InChI=1S/C31H51NO2/c1-19(2)20-11-16-31(26(33)34-8)18-17-29(6)21(25(20)31)9-10-23-28(5)14-13-24(32)27(3,4)22(28)12-15-30(23,29)7/h20-25H,1,9-18,32H2,2-8H3/t20-,21+,22-,23+,24+,25+,28-,29+,30+,31-/m0/s1. The number of fused-ring (bicyclic) bond motifs is 7. The highest BCUT2D eigenvalue weighted by Crippen LogP contribution is 2.77. The molecule has 0 heterocycles. The molecule has 0 bridgehead atoms. The van der Waals surface area contributed by atoms with Crippen LogP contribution < -0.4 is 5.73 Å². The summed E-state index contributed by atoms with van der Waals surface area (Å²) in [5.74, 6) is 2.98. The third kappa shape index (κ3) is 2.83. The summed E-state index contributed by atoms with van der Waals surface area (Å²) >= 11 is 0. The summed E-state index contributed by atoms with van der Waals surface area (Å²) in [6.45, 7) is 19.5. The maximum absolute atomic E-state index is 13.4. The minimum absolute atomic E-state index is 0.0641. The molecule has 5 aliphatic rings. The van der Waals surface area contributed by atoms with Gasteiger partial charge in [0.15, 0.2) is 0 Å². The van der Waals surface area contributed by atoms with E-state index in [-0.39, 0.29) is 22.2 Å². The van der Waals surface area contributed by atoms with E-state index in [0.717, 1.165) is 31.1 Å². The number of allylic oxidation sites excluding steroid dienone is 1. The Labute approximate surface area is 209 Å². The highest BCUT2D eigenvalue weighted by atomic mass is 16.5.